The van der Waals surface area contributed by atoms with Gasteiger partial charge in [-0.25, -0.2) is 13.4 Å². The lowest BCUT2D eigenvalue weighted by Gasteiger charge is -2.26. The molecule has 7 nitrogen and oxygen atoms in total. The number of thioether (sulfide) groups is 1. The van der Waals surface area contributed by atoms with Crippen LogP contribution >= 0.6 is 11.8 Å². The largest absolute Gasteiger partial charge is 0.431 e. The van der Waals surface area contributed by atoms with E-state index in [2.05, 4.69) is 10.3 Å². The van der Waals surface area contributed by atoms with Gasteiger partial charge in [0, 0.05) is 18.8 Å². The number of para-hydroxylation sites is 2. The molecule has 30 heavy (non-hydrogen) atoms. The number of amides is 1. The fourth-order valence-electron chi connectivity index (χ4n) is 3.44. The number of oxazole rings is 1. The Bertz CT molecular complexity index is 1130. The number of carbonyl (C=O) groups excluding carboxylic acids is 1. The highest BCUT2D eigenvalue weighted by molar-refractivity contribution is 7.99. The molecule has 1 aliphatic heterocycles. The van der Waals surface area contributed by atoms with Crippen LogP contribution in [0.5, 0.6) is 0 Å². The second-order valence-corrected chi connectivity index (χ2v) is 10.1. The third-order valence-corrected chi connectivity index (χ3v) is 7.87. The number of aryl methyl sites for hydroxylation is 1. The van der Waals surface area contributed by atoms with Crippen LogP contribution in [0.3, 0.4) is 0 Å². The first-order valence-electron chi connectivity index (χ1n) is 9.82. The topological polar surface area (TPSA) is 92.5 Å². The Balaban J connectivity index is 1.44. The van der Waals surface area contributed by atoms with Crippen molar-refractivity contribution in [2.45, 2.75) is 36.3 Å². The number of benzene rings is 2. The standard InChI is InChI=1S/C21H23N3O4S2/c1-15-9-10-16(13-19(15)30(26,27)24-11-5-2-6-12-24)22-20(25)14-29-21-23-17-7-3-4-8-18(17)28-21/h3-4,7-10,13H,2,5-6,11-12,14H2,1H3,(H,22,25). The molecule has 1 fully saturated rings. The predicted octanol–water partition coefficient (Wildman–Crippen LogP) is 4.04. The number of nitrogens with zero attached hydrogens (tertiary/aromatic N) is 2. The maximum atomic E-state index is 13.0. The molecular weight excluding hydrogens is 422 g/mol. The van der Waals surface area contributed by atoms with E-state index in [4.69, 9.17) is 4.42 Å². The van der Waals surface area contributed by atoms with Crippen LogP contribution in [0.1, 0.15) is 24.8 Å². The lowest BCUT2D eigenvalue weighted by Crippen LogP contribution is -2.36. The SMILES string of the molecule is Cc1ccc(NC(=O)CSc2nc3ccccc3o2)cc1S(=O)(=O)N1CCCCC1. The van der Waals surface area contributed by atoms with Crippen LogP contribution < -0.4 is 5.32 Å². The number of piperidine rings is 1. The van der Waals surface area contributed by atoms with Crippen LogP contribution in [0.2, 0.25) is 0 Å². The van der Waals surface area contributed by atoms with E-state index in [1.807, 2.05) is 24.3 Å². The van der Waals surface area contributed by atoms with Crippen LogP contribution in [0, 0.1) is 6.92 Å². The second-order valence-electron chi connectivity index (χ2n) is 7.23. The number of hydrogen-bond acceptors (Lipinski definition) is 6. The van der Waals surface area contributed by atoms with E-state index in [0.717, 1.165) is 24.8 Å². The van der Waals surface area contributed by atoms with Crippen molar-refractivity contribution in [1.82, 2.24) is 9.29 Å². The summed E-state index contributed by atoms with van der Waals surface area (Å²) in [6, 6.07) is 12.4. The maximum absolute atomic E-state index is 13.0. The number of aromatic nitrogens is 1. The summed E-state index contributed by atoms with van der Waals surface area (Å²) >= 11 is 1.19. The van der Waals surface area contributed by atoms with Gasteiger partial charge in [0.1, 0.15) is 5.52 Å². The Kier molecular flexibility index (Phi) is 6.12. The maximum Gasteiger partial charge on any atom is 0.257 e. The van der Waals surface area contributed by atoms with E-state index in [1.54, 1.807) is 25.1 Å². The first-order chi connectivity index (χ1) is 14.4. The lowest BCUT2D eigenvalue weighted by atomic mass is 10.2. The van der Waals surface area contributed by atoms with Gasteiger partial charge in [0.25, 0.3) is 5.22 Å². The van der Waals surface area contributed by atoms with Gasteiger partial charge in [0.2, 0.25) is 15.9 Å². The molecule has 0 bridgehead atoms. The molecule has 1 aliphatic rings. The van der Waals surface area contributed by atoms with Crippen LogP contribution in [-0.2, 0) is 14.8 Å². The summed E-state index contributed by atoms with van der Waals surface area (Å²) in [4.78, 5) is 17.0. The first-order valence-corrected chi connectivity index (χ1v) is 12.2. The lowest BCUT2D eigenvalue weighted by molar-refractivity contribution is -0.113. The van der Waals surface area contributed by atoms with E-state index in [-0.39, 0.29) is 16.6 Å². The molecule has 9 heteroatoms. The van der Waals surface area contributed by atoms with Gasteiger partial charge in [0.15, 0.2) is 5.58 Å². The summed E-state index contributed by atoms with van der Waals surface area (Å²) in [6.45, 7) is 2.85. The van der Waals surface area contributed by atoms with Crippen molar-refractivity contribution in [3.8, 4) is 0 Å². The number of nitrogens with one attached hydrogen (secondary N) is 1. The number of carbonyl (C=O) groups is 1. The van der Waals surface area contributed by atoms with Crippen LogP contribution in [0.4, 0.5) is 5.69 Å². The average Bonchev–Trinajstić information content (AvgIpc) is 3.17. The van der Waals surface area contributed by atoms with Gasteiger partial charge in [0.05, 0.1) is 10.6 Å². The monoisotopic (exact) mass is 445 g/mol. The van der Waals surface area contributed by atoms with E-state index in [1.165, 1.54) is 16.1 Å². The fraction of sp³-hybridized carbons (Fsp3) is 0.333. The van der Waals surface area contributed by atoms with E-state index in [0.29, 0.717) is 35.1 Å². The molecule has 158 valence electrons. The quantitative estimate of drug-likeness (QED) is 0.576. The Hall–Kier alpha value is -2.36. The number of anilines is 1. The van der Waals surface area contributed by atoms with Crippen LogP contribution in [-0.4, -0.2) is 42.5 Å². The van der Waals surface area contributed by atoms with E-state index < -0.39 is 10.0 Å². The fourth-order valence-corrected chi connectivity index (χ4v) is 5.84. The summed E-state index contributed by atoms with van der Waals surface area (Å²) in [7, 11) is -3.57. The summed E-state index contributed by atoms with van der Waals surface area (Å²) < 4.78 is 33.2. The number of hydrogen-bond donors (Lipinski definition) is 1. The predicted molar refractivity (Wildman–Crippen MR) is 117 cm³/mol. The molecule has 1 N–H and O–H groups in total. The van der Waals surface area contributed by atoms with Crippen molar-refractivity contribution in [3.63, 3.8) is 0 Å². The van der Waals surface area contributed by atoms with Gasteiger partial charge in [-0.3, -0.25) is 4.79 Å². The number of fused-ring (bicyclic) bond motifs is 1. The molecule has 1 amide bonds. The van der Waals surface area contributed by atoms with Crippen molar-refractivity contribution in [2.75, 3.05) is 24.2 Å². The molecule has 2 heterocycles. The van der Waals surface area contributed by atoms with Crippen molar-refractivity contribution in [3.05, 3.63) is 48.0 Å². The molecule has 0 radical (unpaired) electrons. The second kappa shape index (κ2) is 8.79. The molecule has 1 aromatic heterocycles. The Morgan fingerprint density at radius 1 is 1.17 bits per heavy atom. The molecule has 2 aromatic carbocycles. The first kappa shape index (κ1) is 20.9. The molecule has 3 aromatic rings. The molecule has 0 atom stereocenters. The minimum Gasteiger partial charge on any atom is -0.431 e. The number of rotatable bonds is 6. The smallest absolute Gasteiger partial charge is 0.257 e. The van der Waals surface area contributed by atoms with Crippen molar-refractivity contribution in [1.29, 1.82) is 0 Å². The highest BCUT2D eigenvalue weighted by atomic mass is 32.2. The molecule has 0 spiro atoms. The zero-order valence-electron chi connectivity index (χ0n) is 16.6. The van der Waals surface area contributed by atoms with Crippen molar-refractivity contribution >= 4 is 44.5 Å². The normalized spacial score (nSPS) is 15.4. The molecule has 0 aliphatic carbocycles. The van der Waals surface area contributed by atoms with Gasteiger partial charge in [-0.05, 0) is 49.6 Å². The van der Waals surface area contributed by atoms with Crippen LogP contribution in [0.15, 0.2) is 57.0 Å². The average molecular weight is 446 g/mol. The zero-order valence-corrected chi connectivity index (χ0v) is 18.3. The van der Waals surface area contributed by atoms with E-state index in [9.17, 15) is 13.2 Å². The minimum atomic E-state index is -3.57. The highest BCUT2D eigenvalue weighted by Gasteiger charge is 2.27. The van der Waals surface area contributed by atoms with Gasteiger partial charge < -0.3 is 9.73 Å². The van der Waals surface area contributed by atoms with Crippen molar-refractivity contribution < 1.29 is 17.6 Å². The van der Waals surface area contributed by atoms with Gasteiger partial charge in [-0.2, -0.15) is 4.31 Å². The summed E-state index contributed by atoms with van der Waals surface area (Å²) in [5.41, 5.74) is 2.54. The highest BCUT2D eigenvalue weighted by Crippen LogP contribution is 2.27. The summed E-state index contributed by atoms with van der Waals surface area (Å²) in [5, 5.41) is 3.20. The molecule has 4 rings (SSSR count). The molecule has 0 saturated carbocycles. The third-order valence-electron chi connectivity index (χ3n) is 5.01. The number of sulfonamides is 1. The zero-order chi connectivity index (χ0) is 21.1. The van der Waals surface area contributed by atoms with Crippen LogP contribution in [0.25, 0.3) is 11.1 Å². The Morgan fingerprint density at radius 3 is 2.70 bits per heavy atom. The molecule has 1 saturated heterocycles. The van der Waals surface area contributed by atoms with Gasteiger partial charge in [-0.15, -0.1) is 0 Å². The van der Waals surface area contributed by atoms with Crippen molar-refractivity contribution in [2.24, 2.45) is 0 Å². The molecule has 0 unspecified atom stereocenters. The molecular formula is C21H23N3O4S2. The Morgan fingerprint density at radius 2 is 1.93 bits per heavy atom. The van der Waals surface area contributed by atoms with E-state index >= 15 is 0 Å². The summed E-state index contributed by atoms with van der Waals surface area (Å²) in [5.74, 6) is -0.151. The summed E-state index contributed by atoms with van der Waals surface area (Å²) in [6.07, 6.45) is 2.81. The van der Waals surface area contributed by atoms with Gasteiger partial charge in [-0.1, -0.05) is 36.4 Å². The minimum absolute atomic E-state index is 0.106. The van der Waals surface area contributed by atoms with Gasteiger partial charge >= 0.3 is 0 Å². The third kappa shape index (κ3) is 4.53. The Labute approximate surface area is 179 Å².